The second-order valence-electron chi connectivity index (χ2n) is 5.56. The number of amides is 1. The van der Waals surface area contributed by atoms with Crippen molar-refractivity contribution in [3.05, 3.63) is 65.5 Å². The Morgan fingerprint density at radius 3 is 2.64 bits per heavy atom. The van der Waals surface area contributed by atoms with Gasteiger partial charge in [0.1, 0.15) is 5.75 Å². The van der Waals surface area contributed by atoms with Gasteiger partial charge in [-0.3, -0.25) is 4.79 Å². The van der Waals surface area contributed by atoms with Crippen LogP contribution in [0.3, 0.4) is 0 Å². The molecule has 0 aliphatic heterocycles. The number of aromatic nitrogens is 2. The molecule has 128 valence electrons. The average Bonchev–Trinajstić information content (AvgIpc) is 3.11. The van der Waals surface area contributed by atoms with Crippen LogP contribution in [0.4, 0.5) is 0 Å². The van der Waals surface area contributed by atoms with Crippen LogP contribution in [0.5, 0.6) is 5.75 Å². The number of carbonyl (C=O) groups excluding carboxylic acids is 1. The standard InChI is InChI=1S/C19H19N3O3/c1-13-5-3-4-6-16(13)19(23)20-12-11-17-21-18(22-25-17)14-7-9-15(24-2)10-8-14/h3-10H,11-12H2,1-2H3,(H,20,23). The zero-order valence-corrected chi connectivity index (χ0v) is 14.2. The Kier molecular flexibility index (Phi) is 5.09. The van der Waals surface area contributed by atoms with Gasteiger partial charge >= 0.3 is 0 Å². The molecule has 1 aromatic heterocycles. The molecular formula is C19H19N3O3. The van der Waals surface area contributed by atoms with Crippen LogP contribution in [-0.2, 0) is 6.42 Å². The third kappa shape index (κ3) is 4.03. The molecule has 1 amide bonds. The Balaban J connectivity index is 1.56. The highest BCUT2D eigenvalue weighted by atomic mass is 16.5. The molecule has 1 heterocycles. The number of nitrogens with one attached hydrogen (secondary N) is 1. The first-order valence-corrected chi connectivity index (χ1v) is 7.98. The molecule has 3 aromatic rings. The average molecular weight is 337 g/mol. The van der Waals surface area contributed by atoms with Gasteiger partial charge in [-0.1, -0.05) is 23.4 Å². The second kappa shape index (κ2) is 7.61. The lowest BCUT2D eigenvalue weighted by Gasteiger charge is -2.05. The number of methoxy groups -OCH3 is 1. The van der Waals surface area contributed by atoms with Gasteiger partial charge in [-0.05, 0) is 42.8 Å². The van der Waals surface area contributed by atoms with Crippen LogP contribution >= 0.6 is 0 Å². The Labute approximate surface area is 145 Å². The predicted molar refractivity (Wildman–Crippen MR) is 93.5 cm³/mol. The lowest BCUT2D eigenvalue weighted by Crippen LogP contribution is -2.26. The largest absolute Gasteiger partial charge is 0.497 e. The highest BCUT2D eigenvalue weighted by Crippen LogP contribution is 2.19. The number of ether oxygens (including phenoxy) is 1. The molecule has 0 atom stereocenters. The molecule has 6 heteroatoms. The van der Waals surface area contributed by atoms with E-state index in [9.17, 15) is 4.79 Å². The van der Waals surface area contributed by atoms with E-state index >= 15 is 0 Å². The predicted octanol–water partition coefficient (Wildman–Crippen LogP) is 3.03. The second-order valence-corrected chi connectivity index (χ2v) is 5.56. The third-order valence-corrected chi connectivity index (χ3v) is 3.83. The van der Waals surface area contributed by atoms with Crippen LogP contribution < -0.4 is 10.1 Å². The number of rotatable bonds is 6. The summed E-state index contributed by atoms with van der Waals surface area (Å²) in [5.74, 6) is 1.66. The minimum absolute atomic E-state index is 0.104. The summed E-state index contributed by atoms with van der Waals surface area (Å²) < 4.78 is 10.4. The molecular weight excluding hydrogens is 318 g/mol. The van der Waals surface area contributed by atoms with Crippen molar-refractivity contribution in [2.24, 2.45) is 0 Å². The molecule has 0 saturated carbocycles. The summed E-state index contributed by atoms with van der Waals surface area (Å²) in [4.78, 5) is 16.5. The van der Waals surface area contributed by atoms with Crippen molar-refractivity contribution >= 4 is 5.91 Å². The van der Waals surface area contributed by atoms with Gasteiger partial charge in [-0.15, -0.1) is 0 Å². The van der Waals surface area contributed by atoms with E-state index in [0.29, 0.717) is 30.2 Å². The lowest BCUT2D eigenvalue weighted by atomic mass is 10.1. The number of hydrogen-bond donors (Lipinski definition) is 1. The maximum Gasteiger partial charge on any atom is 0.251 e. The highest BCUT2D eigenvalue weighted by Gasteiger charge is 2.11. The summed E-state index contributed by atoms with van der Waals surface area (Å²) in [6, 6.07) is 14.9. The van der Waals surface area contributed by atoms with Crippen LogP contribution in [-0.4, -0.2) is 29.7 Å². The van der Waals surface area contributed by atoms with Crippen LogP contribution in [0.1, 0.15) is 21.8 Å². The van der Waals surface area contributed by atoms with E-state index in [1.54, 1.807) is 13.2 Å². The molecule has 25 heavy (non-hydrogen) atoms. The smallest absolute Gasteiger partial charge is 0.251 e. The van der Waals surface area contributed by atoms with Crippen LogP contribution in [0.2, 0.25) is 0 Å². The molecule has 0 unspecified atom stereocenters. The Bertz CT molecular complexity index is 856. The minimum atomic E-state index is -0.104. The van der Waals surface area contributed by atoms with Crippen LogP contribution in [0.25, 0.3) is 11.4 Å². The normalized spacial score (nSPS) is 10.5. The summed E-state index contributed by atoms with van der Waals surface area (Å²) in [5, 5.41) is 6.84. The fourth-order valence-corrected chi connectivity index (χ4v) is 2.42. The monoisotopic (exact) mass is 337 g/mol. The first-order valence-electron chi connectivity index (χ1n) is 7.98. The molecule has 0 aliphatic carbocycles. The maximum atomic E-state index is 12.2. The van der Waals surface area contributed by atoms with E-state index in [2.05, 4.69) is 15.5 Å². The Morgan fingerprint density at radius 1 is 1.16 bits per heavy atom. The topological polar surface area (TPSA) is 77.3 Å². The molecule has 6 nitrogen and oxygen atoms in total. The molecule has 0 fully saturated rings. The number of carbonyl (C=O) groups is 1. The van der Waals surface area contributed by atoms with Gasteiger partial charge in [0, 0.05) is 24.1 Å². The van der Waals surface area contributed by atoms with Crippen molar-refractivity contribution in [3.8, 4) is 17.1 Å². The zero-order valence-electron chi connectivity index (χ0n) is 14.2. The van der Waals surface area contributed by atoms with Gasteiger partial charge < -0.3 is 14.6 Å². The molecule has 0 saturated heterocycles. The fourth-order valence-electron chi connectivity index (χ4n) is 2.42. The third-order valence-electron chi connectivity index (χ3n) is 3.83. The molecule has 0 spiro atoms. The van der Waals surface area contributed by atoms with Crippen molar-refractivity contribution in [1.82, 2.24) is 15.5 Å². The van der Waals surface area contributed by atoms with Gasteiger partial charge in [-0.25, -0.2) is 0 Å². The molecule has 2 aromatic carbocycles. The van der Waals surface area contributed by atoms with Gasteiger partial charge in [0.25, 0.3) is 5.91 Å². The fraction of sp³-hybridized carbons (Fsp3) is 0.211. The van der Waals surface area contributed by atoms with Gasteiger partial charge in [0.05, 0.1) is 7.11 Å². The summed E-state index contributed by atoms with van der Waals surface area (Å²) in [7, 11) is 1.62. The van der Waals surface area contributed by atoms with E-state index in [0.717, 1.165) is 16.9 Å². The summed E-state index contributed by atoms with van der Waals surface area (Å²) >= 11 is 0. The zero-order chi connectivity index (χ0) is 17.6. The maximum absolute atomic E-state index is 12.2. The first-order chi connectivity index (χ1) is 12.2. The Morgan fingerprint density at radius 2 is 1.92 bits per heavy atom. The quantitative estimate of drug-likeness (QED) is 0.748. The molecule has 3 rings (SSSR count). The summed E-state index contributed by atoms with van der Waals surface area (Å²) in [6.45, 7) is 2.34. The number of hydrogen-bond acceptors (Lipinski definition) is 5. The van der Waals surface area contributed by atoms with E-state index in [-0.39, 0.29) is 5.91 Å². The molecule has 0 aliphatic rings. The molecule has 0 bridgehead atoms. The van der Waals surface area contributed by atoms with Gasteiger partial charge in [0.2, 0.25) is 11.7 Å². The minimum Gasteiger partial charge on any atom is -0.497 e. The first kappa shape index (κ1) is 16.7. The SMILES string of the molecule is COc1ccc(-c2noc(CCNC(=O)c3ccccc3C)n2)cc1. The van der Waals surface area contributed by atoms with E-state index in [1.165, 1.54) is 0 Å². The van der Waals surface area contributed by atoms with E-state index in [1.807, 2.05) is 49.4 Å². The summed E-state index contributed by atoms with van der Waals surface area (Å²) in [6.07, 6.45) is 0.473. The van der Waals surface area contributed by atoms with Crippen molar-refractivity contribution in [2.75, 3.05) is 13.7 Å². The molecule has 0 radical (unpaired) electrons. The summed E-state index contributed by atoms with van der Waals surface area (Å²) in [5.41, 5.74) is 2.46. The van der Waals surface area contributed by atoms with Gasteiger partial charge in [-0.2, -0.15) is 4.98 Å². The van der Waals surface area contributed by atoms with E-state index < -0.39 is 0 Å². The van der Waals surface area contributed by atoms with E-state index in [4.69, 9.17) is 9.26 Å². The number of nitrogens with zero attached hydrogens (tertiary/aromatic N) is 2. The molecule has 1 N–H and O–H groups in total. The van der Waals surface area contributed by atoms with Crippen LogP contribution in [0.15, 0.2) is 53.1 Å². The van der Waals surface area contributed by atoms with Crippen molar-refractivity contribution in [3.63, 3.8) is 0 Å². The Hall–Kier alpha value is -3.15. The van der Waals surface area contributed by atoms with Crippen LogP contribution in [0, 0.1) is 6.92 Å². The van der Waals surface area contributed by atoms with Crippen molar-refractivity contribution in [1.29, 1.82) is 0 Å². The number of benzene rings is 2. The van der Waals surface area contributed by atoms with Gasteiger partial charge in [0.15, 0.2) is 0 Å². The highest BCUT2D eigenvalue weighted by molar-refractivity contribution is 5.95. The lowest BCUT2D eigenvalue weighted by molar-refractivity contribution is 0.0953. The van der Waals surface area contributed by atoms with Crippen molar-refractivity contribution in [2.45, 2.75) is 13.3 Å². The number of aryl methyl sites for hydroxylation is 1. The van der Waals surface area contributed by atoms with Crippen molar-refractivity contribution < 1.29 is 14.1 Å².